The largest absolute Gasteiger partial charge is 0.370 e. The van der Waals surface area contributed by atoms with Gasteiger partial charge in [0.2, 0.25) is 0 Å². The highest BCUT2D eigenvalue weighted by molar-refractivity contribution is 7.22. The molecule has 0 saturated heterocycles. The van der Waals surface area contributed by atoms with E-state index in [-0.39, 0.29) is 18.1 Å². The van der Waals surface area contributed by atoms with Gasteiger partial charge < -0.3 is 15.5 Å². The molecule has 1 aliphatic heterocycles. The molecule has 30 heavy (non-hydrogen) atoms. The molecule has 1 amide bonds. The molecule has 1 aliphatic rings. The van der Waals surface area contributed by atoms with E-state index in [4.69, 9.17) is 0 Å². The smallest absolute Gasteiger partial charge is 0.251 e. The first-order chi connectivity index (χ1) is 14.5. The first-order valence-electron chi connectivity index (χ1n) is 10.6. The molecule has 0 bridgehead atoms. The minimum atomic E-state index is -0.0469. The quantitative estimate of drug-likeness (QED) is 0.455. The number of ketones is 1. The van der Waals surface area contributed by atoms with Crippen molar-refractivity contribution in [1.82, 2.24) is 10.6 Å². The number of hydrogen-bond acceptors (Lipinski definition) is 4. The highest BCUT2D eigenvalue weighted by Gasteiger charge is 2.21. The van der Waals surface area contributed by atoms with Gasteiger partial charge in [-0.25, -0.2) is 0 Å². The summed E-state index contributed by atoms with van der Waals surface area (Å²) in [6.07, 6.45) is 2.12. The van der Waals surface area contributed by atoms with Crippen LogP contribution in [-0.2, 0) is 6.42 Å². The van der Waals surface area contributed by atoms with E-state index >= 15 is 0 Å². The van der Waals surface area contributed by atoms with Crippen LogP contribution in [0.2, 0.25) is 0 Å². The maximum atomic E-state index is 12.9. The van der Waals surface area contributed by atoms with Crippen molar-refractivity contribution in [2.75, 3.05) is 38.1 Å². The zero-order valence-electron chi connectivity index (χ0n) is 17.8. The summed E-state index contributed by atoms with van der Waals surface area (Å²) in [5.41, 5.74) is 4.49. The molecule has 0 unspecified atom stereocenters. The van der Waals surface area contributed by atoms with E-state index in [1.54, 1.807) is 0 Å². The molecule has 0 saturated carbocycles. The normalized spacial score (nSPS) is 12.8. The van der Waals surface area contributed by atoms with Crippen molar-refractivity contribution < 1.29 is 9.59 Å². The predicted octanol–water partition coefficient (Wildman–Crippen LogP) is 3.34. The molecule has 2 aromatic carbocycles. The van der Waals surface area contributed by atoms with Crippen LogP contribution in [-0.4, -0.2) is 50.2 Å². The summed E-state index contributed by atoms with van der Waals surface area (Å²) in [6, 6.07) is 13.6. The fourth-order valence-electron chi connectivity index (χ4n) is 3.85. The number of fused-ring (bicyclic) bond motifs is 1. The molecule has 1 heterocycles. The minimum absolute atomic E-state index is 0.0469. The molecule has 0 atom stereocenters. The molecular weight excluding hydrogens is 393 g/mol. The second kappa shape index (κ2) is 10.5. The number of likely N-dealkylation sites (N-methyl/N-ethyl adjacent to an activating group) is 1. The van der Waals surface area contributed by atoms with E-state index in [1.165, 1.54) is 0 Å². The Kier molecular flexibility index (Phi) is 7.78. The van der Waals surface area contributed by atoms with E-state index in [1.807, 2.05) is 49.5 Å². The van der Waals surface area contributed by atoms with Crippen molar-refractivity contribution in [3.63, 3.8) is 0 Å². The lowest BCUT2D eigenvalue weighted by molar-refractivity contribution is 0.0945. The van der Waals surface area contributed by atoms with Crippen LogP contribution in [0.5, 0.6) is 0 Å². The SMILES string of the molecule is CCCN(CCNC)c1ccc(C(=O)CC(=P)c2cccc3c2CCNC3=O)cc1. The second-order valence-corrected chi connectivity index (χ2v) is 8.16. The molecular formula is C24H30N3O2P. The number of rotatable bonds is 10. The Hall–Kier alpha value is -2.49. The molecule has 2 N–H and O–H groups in total. The van der Waals surface area contributed by atoms with Crippen LogP contribution < -0.4 is 15.5 Å². The molecule has 0 radical (unpaired) electrons. The van der Waals surface area contributed by atoms with Gasteiger partial charge in [0.1, 0.15) is 0 Å². The summed E-state index contributed by atoms with van der Waals surface area (Å²) in [6.45, 7) is 5.63. The summed E-state index contributed by atoms with van der Waals surface area (Å²) < 4.78 is 0. The van der Waals surface area contributed by atoms with Gasteiger partial charge in [-0.1, -0.05) is 19.1 Å². The molecule has 0 aliphatic carbocycles. The Morgan fingerprint density at radius 2 is 1.93 bits per heavy atom. The fourth-order valence-corrected chi connectivity index (χ4v) is 4.25. The van der Waals surface area contributed by atoms with E-state index in [2.05, 4.69) is 31.3 Å². The molecule has 0 spiro atoms. The lowest BCUT2D eigenvalue weighted by Gasteiger charge is -2.24. The maximum Gasteiger partial charge on any atom is 0.251 e. The third kappa shape index (κ3) is 5.16. The van der Waals surface area contributed by atoms with Crippen LogP contribution in [0.4, 0.5) is 5.69 Å². The minimum Gasteiger partial charge on any atom is -0.370 e. The van der Waals surface area contributed by atoms with Gasteiger partial charge in [0.25, 0.3) is 5.91 Å². The molecule has 6 heteroatoms. The molecule has 0 aromatic heterocycles. The Balaban J connectivity index is 1.71. The average molecular weight is 423 g/mol. The van der Waals surface area contributed by atoms with Gasteiger partial charge in [0.05, 0.1) is 0 Å². The Morgan fingerprint density at radius 3 is 2.63 bits per heavy atom. The number of nitrogens with zero attached hydrogens (tertiary/aromatic N) is 1. The Labute approximate surface area is 181 Å². The summed E-state index contributed by atoms with van der Waals surface area (Å²) >= 11 is 0. The van der Waals surface area contributed by atoms with Gasteiger partial charge in [-0.3, -0.25) is 9.59 Å². The van der Waals surface area contributed by atoms with E-state index < -0.39 is 0 Å². The van der Waals surface area contributed by atoms with Crippen molar-refractivity contribution in [3.8, 4) is 0 Å². The molecule has 0 fully saturated rings. The highest BCUT2D eigenvalue weighted by atomic mass is 31.0. The van der Waals surface area contributed by atoms with Crippen LogP contribution in [0.15, 0.2) is 42.5 Å². The Bertz CT molecular complexity index is 925. The van der Waals surface area contributed by atoms with Crippen LogP contribution in [0.3, 0.4) is 0 Å². The zero-order valence-corrected chi connectivity index (χ0v) is 18.8. The van der Waals surface area contributed by atoms with E-state index in [0.717, 1.165) is 54.6 Å². The number of Topliss-reactive ketones (excluding diaryl/α,β-unsaturated/α-hetero) is 1. The highest BCUT2D eigenvalue weighted by Crippen LogP contribution is 2.23. The van der Waals surface area contributed by atoms with Gasteiger partial charge in [0, 0.05) is 49.4 Å². The average Bonchev–Trinajstić information content (AvgIpc) is 2.76. The van der Waals surface area contributed by atoms with Crippen molar-refractivity contribution >= 4 is 31.5 Å². The third-order valence-electron chi connectivity index (χ3n) is 5.42. The number of amides is 1. The topological polar surface area (TPSA) is 61.4 Å². The van der Waals surface area contributed by atoms with Crippen molar-refractivity contribution in [2.45, 2.75) is 26.2 Å². The first-order valence-corrected chi connectivity index (χ1v) is 11.1. The van der Waals surface area contributed by atoms with Crippen LogP contribution in [0.25, 0.3) is 0 Å². The maximum absolute atomic E-state index is 12.9. The standard InChI is InChI=1S/C24H30N3O2P/c1-3-14-27(15-13-25-2)18-9-7-17(8-10-18)22(28)16-23(30)20-5-4-6-21-19(20)11-12-26-24(21)29/h4-10,25,30H,3,11-16H2,1-2H3,(H,26,29). The lowest BCUT2D eigenvalue weighted by Crippen LogP contribution is -2.33. The van der Waals surface area contributed by atoms with Gasteiger partial charge >= 0.3 is 0 Å². The first kappa shape index (κ1) is 22.2. The van der Waals surface area contributed by atoms with Crippen LogP contribution >= 0.6 is 8.86 Å². The summed E-state index contributed by atoms with van der Waals surface area (Å²) in [7, 11) is 5.63. The molecule has 3 rings (SSSR count). The van der Waals surface area contributed by atoms with Crippen molar-refractivity contribution in [1.29, 1.82) is 0 Å². The van der Waals surface area contributed by atoms with E-state index in [0.29, 0.717) is 17.7 Å². The number of carbonyl (C=O) groups is 2. The summed E-state index contributed by atoms with van der Waals surface area (Å²) in [5, 5.41) is 6.87. The Morgan fingerprint density at radius 1 is 1.17 bits per heavy atom. The summed E-state index contributed by atoms with van der Waals surface area (Å²) in [5.74, 6) is 0.0102. The van der Waals surface area contributed by atoms with Crippen molar-refractivity contribution in [2.24, 2.45) is 0 Å². The van der Waals surface area contributed by atoms with Gasteiger partial charge in [-0.2, -0.15) is 0 Å². The van der Waals surface area contributed by atoms with Gasteiger partial charge in [-0.05, 0) is 66.6 Å². The molecule has 158 valence electrons. The predicted molar refractivity (Wildman–Crippen MR) is 127 cm³/mol. The second-order valence-electron chi connectivity index (χ2n) is 7.55. The monoisotopic (exact) mass is 423 g/mol. The van der Waals surface area contributed by atoms with Gasteiger partial charge in [0.15, 0.2) is 5.78 Å². The lowest BCUT2D eigenvalue weighted by atomic mass is 9.91. The van der Waals surface area contributed by atoms with Crippen molar-refractivity contribution in [3.05, 3.63) is 64.7 Å². The number of carbonyl (C=O) groups excluding carboxylic acids is 2. The summed E-state index contributed by atoms with van der Waals surface area (Å²) in [4.78, 5) is 27.3. The number of anilines is 1. The molecule has 2 aromatic rings. The zero-order chi connectivity index (χ0) is 21.5. The number of nitrogens with one attached hydrogen (secondary N) is 2. The van der Waals surface area contributed by atoms with Crippen LogP contribution in [0.1, 0.15) is 51.6 Å². The van der Waals surface area contributed by atoms with E-state index in [9.17, 15) is 9.59 Å². The number of benzene rings is 2. The number of hydrogen-bond donors (Lipinski definition) is 2. The molecule has 5 nitrogen and oxygen atoms in total. The van der Waals surface area contributed by atoms with Crippen LogP contribution in [0, 0.1) is 0 Å². The third-order valence-corrected chi connectivity index (χ3v) is 5.87. The van der Waals surface area contributed by atoms with Gasteiger partial charge in [-0.15, -0.1) is 8.86 Å². The fraction of sp³-hybridized carbons (Fsp3) is 0.375.